The van der Waals surface area contributed by atoms with Crippen molar-refractivity contribution >= 4 is 5.97 Å². The molecule has 0 saturated heterocycles. The summed E-state index contributed by atoms with van der Waals surface area (Å²) < 4.78 is 31.2. The third kappa shape index (κ3) is 3.89. The molecule has 2 aromatic carbocycles. The van der Waals surface area contributed by atoms with Crippen molar-refractivity contribution in [3.8, 4) is 11.1 Å². The molecule has 2 rings (SSSR count). The normalized spacial score (nSPS) is 12.0. The minimum absolute atomic E-state index is 0.0646. The molecule has 0 aliphatic heterocycles. The lowest BCUT2D eigenvalue weighted by atomic mass is 9.98. The first-order chi connectivity index (χ1) is 10.5. The fourth-order valence-electron chi connectivity index (χ4n) is 2.14. The molecule has 2 N–H and O–H groups in total. The number of benzene rings is 2. The number of ether oxygens (including phenoxy) is 1. The summed E-state index contributed by atoms with van der Waals surface area (Å²) in [7, 11) is 0. The number of esters is 1. The maximum absolute atomic E-state index is 13.3. The summed E-state index contributed by atoms with van der Waals surface area (Å²) in [6.45, 7) is 2.04. The Morgan fingerprint density at radius 1 is 1.14 bits per heavy atom. The maximum atomic E-state index is 13.3. The van der Waals surface area contributed by atoms with Gasteiger partial charge in [0.1, 0.15) is 0 Å². The molecule has 22 heavy (non-hydrogen) atoms. The molecule has 0 amide bonds. The predicted octanol–water partition coefficient (Wildman–Crippen LogP) is 3.58. The highest BCUT2D eigenvalue weighted by atomic mass is 19.2. The largest absolute Gasteiger partial charge is 0.466 e. The second-order valence-electron chi connectivity index (χ2n) is 4.87. The number of carbonyl (C=O) groups excluding carboxylic acids is 1. The number of hydrogen-bond acceptors (Lipinski definition) is 3. The Morgan fingerprint density at radius 3 is 2.55 bits per heavy atom. The van der Waals surface area contributed by atoms with Crippen LogP contribution in [0.3, 0.4) is 0 Å². The van der Waals surface area contributed by atoms with Gasteiger partial charge in [-0.05, 0) is 41.8 Å². The van der Waals surface area contributed by atoms with Gasteiger partial charge in [0, 0.05) is 6.04 Å². The van der Waals surface area contributed by atoms with Crippen molar-refractivity contribution in [3.63, 3.8) is 0 Å². The zero-order chi connectivity index (χ0) is 16.1. The fraction of sp³-hybridized carbons (Fsp3) is 0.235. The molecule has 116 valence electrons. The molecule has 0 unspecified atom stereocenters. The van der Waals surface area contributed by atoms with Crippen LogP contribution < -0.4 is 5.73 Å². The van der Waals surface area contributed by atoms with E-state index >= 15 is 0 Å². The molecular weight excluding hydrogens is 288 g/mol. The zero-order valence-corrected chi connectivity index (χ0v) is 12.2. The van der Waals surface area contributed by atoms with E-state index in [9.17, 15) is 13.6 Å². The molecule has 0 spiro atoms. The first-order valence-electron chi connectivity index (χ1n) is 6.98. The van der Waals surface area contributed by atoms with Crippen molar-refractivity contribution in [2.75, 3.05) is 6.61 Å². The van der Waals surface area contributed by atoms with Crippen LogP contribution in [0.4, 0.5) is 8.78 Å². The van der Waals surface area contributed by atoms with E-state index in [1.165, 1.54) is 6.07 Å². The van der Waals surface area contributed by atoms with E-state index in [2.05, 4.69) is 0 Å². The van der Waals surface area contributed by atoms with E-state index in [0.29, 0.717) is 17.7 Å². The summed E-state index contributed by atoms with van der Waals surface area (Å²) in [4.78, 5) is 11.5. The number of carbonyl (C=O) groups is 1. The monoisotopic (exact) mass is 305 g/mol. The lowest BCUT2D eigenvalue weighted by Gasteiger charge is -2.13. The van der Waals surface area contributed by atoms with Crippen molar-refractivity contribution in [3.05, 3.63) is 59.7 Å². The van der Waals surface area contributed by atoms with E-state index in [0.717, 1.165) is 17.7 Å². The van der Waals surface area contributed by atoms with Gasteiger partial charge in [0.15, 0.2) is 11.6 Å². The van der Waals surface area contributed by atoms with Gasteiger partial charge >= 0.3 is 5.97 Å². The highest BCUT2D eigenvalue weighted by molar-refractivity contribution is 5.71. The van der Waals surface area contributed by atoms with Crippen LogP contribution in [-0.4, -0.2) is 12.6 Å². The maximum Gasteiger partial charge on any atom is 0.307 e. The highest BCUT2D eigenvalue weighted by Gasteiger charge is 2.13. The Bertz CT molecular complexity index is 673. The average molecular weight is 305 g/mol. The van der Waals surface area contributed by atoms with Crippen LogP contribution in [0, 0.1) is 11.6 Å². The number of halogens is 2. The first kappa shape index (κ1) is 16.1. The van der Waals surface area contributed by atoms with Crippen molar-refractivity contribution < 1.29 is 18.3 Å². The smallest absolute Gasteiger partial charge is 0.307 e. The quantitative estimate of drug-likeness (QED) is 0.859. The van der Waals surface area contributed by atoms with Crippen LogP contribution in [0.25, 0.3) is 11.1 Å². The molecule has 0 aliphatic carbocycles. The molecule has 3 nitrogen and oxygen atoms in total. The third-order valence-corrected chi connectivity index (χ3v) is 3.26. The molecule has 0 saturated carbocycles. The van der Waals surface area contributed by atoms with Gasteiger partial charge in [-0.1, -0.05) is 24.3 Å². The lowest BCUT2D eigenvalue weighted by Crippen LogP contribution is -2.17. The van der Waals surface area contributed by atoms with Gasteiger partial charge < -0.3 is 10.5 Å². The van der Waals surface area contributed by atoms with Gasteiger partial charge in [-0.15, -0.1) is 0 Å². The van der Waals surface area contributed by atoms with Gasteiger partial charge in [0.25, 0.3) is 0 Å². The Morgan fingerprint density at radius 2 is 1.86 bits per heavy atom. The van der Waals surface area contributed by atoms with Crippen molar-refractivity contribution in [1.82, 2.24) is 0 Å². The number of nitrogens with two attached hydrogens (primary N) is 1. The summed E-state index contributed by atoms with van der Waals surface area (Å²) in [5.41, 5.74) is 7.97. The summed E-state index contributed by atoms with van der Waals surface area (Å²) >= 11 is 0. The topological polar surface area (TPSA) is 52.3 Å². The van der Waals surface area contributed by atoms with E-state index in [1.807, 2.05) is 0 Å². The lowest BCUT2D eigenvalue weighted by molar-refractivity contribution is -0.143. The number of hydrogen-bond donors (Lipinski definition) is 1. The number of rotatable bonds is 5. The fourth-order valence-corrected chi connectivity index (χ4v) is 2.14. The van der Waals surface area contributed by atoms with Crippen molar-refractivity contribution in [1.29, 1.82) is 0 Å². The van der Waals surface area contributed by atoms with Gasteiger partial charge in [-0.25, -0.2) is 8.78 Å². The second-order valence-corrected chi connectivity index (χ2v) is 4.87. The van der Waals surface area contributed by atoms with Gasteiger partial charge in [-0.3, -0.25) is 4.79 Å². The summed E-state index contributed by atoms with van der Waals surface area (Å²) in [6.07, 6.45) is 0.0646. The van der Waals surface area contributed by atoms with Crippen LogP contribution in [0.5, 0.6) is 0 Å². The molecule has 0 aromatic heterocycles. The highest BCUT2D eigenvalue weighted by Crippen LogP contribution is 2.25. The first-order valence-corrected chi connectivity index (χ1v) is 6.98. The average Bonchev–Trinajstić information content (AvgIpc) is 2.50. The van der Waals surface area contributed by atoms with E-state index < -0.39 is 17.7 Å². The second kappa shape index (κ2) is 7.13. The Hall–Kier alpha value is -2.27. The molecule has 0 bridgehead atoms. The van der Waals surface area contributed by atoms with E-state index in [1.54, 1.807) is 31.2 Å². The van der Waals surface area contributed by atoms with Crippen LogP contribution in [0.15, 0.2) is 42.5 Å². The molecule has 5 heteroatoms. The summed E-state index contributed by atoms with van der Waals surface area (Å²) in [6, 6.07) is 10.3. The summed E-state index contributed by atoms with van der Waals surface area (Å²) in [5.74, 6) is -2.16. The van der Waals surface area contributed by atoms with Gasteiger partial charge in [-0.2, -0.15) is 0 Å². The van der Waals surface area contributed by atoms with Crippen molar-refractivity contribution in [2.24, 2.45) is 5.73 Å². The molecular formula is C17H17F2NO2. The Balaban J connectivity index is 2.22. The third-order valence-electron chi connectivity index (χ3n) is 3.26. The van der Waals surface area contributed by atoms with Crippen LogP contribution >= 0.6 is 0 Å². The minimum atomic E-state index is -0.904. The molecule has 1 atom stereocenters. The van der Waals surface area contributed by atoms with E-state index in [4.69, 9.17) is 10.5 Å². The van der Waals surface area contributed by atoms with Crippen LogP contribution in [0.2, 0.25) is 0 Å². The van der Waals surface area contributed by atoms with E-state index in [-0.39, 0.29) is 12.4 Å². The van der Waals surface area contributed by atoms with Crippen LogP contribution in [-0.2, 0) is 9.53 Å². The molecule has 0 heterocycles. The molecule has 2 aromatic rings. The van der Waals surface area contributed by atoms with Crippen molar-refractivity contribution in [2.45, 2.75) is 19.4 Å². The zero-order valence-electron chi connectivity index (χ0n) is 12.2. The Kier molecular flexibility index (Phi) is 5.22. The SMILES string of the molecule is CCOC(=O)C[C@H](N)c1cccc(-c2ccc(F)c(F)c2)c1. The van der Waals surface area contributed by atoms with Gasteiger partial charge in [0.2, 0.25) is 0 Å². The predicted molar refractivity (Wildman–Crippen MR) is 80.0 cm³/mol. The standard InChI is InChI=1S/C17H17F2NO2/c1-2-22-17(21)10-16(20)13-5-3-4-11(8-13)12-6-7-14(18)15(19)9-12/h3-9,16H,2,10,20H2,1H3/t16-/m0/s1. The molecule has 0 aliphatic rings. The summed E-state index contributed by atoms with van der Waals surface area (Å²) in [5, 5.41) is 0. The minimum Gasteiger partial charge on any atom is -0.466 e. The van der Waals surface area contributed by atoms with Crippen LogP contribution in [0.1, 0.15) is 24.9 Å². The molecule has 0 radical (unpaired) electrons. The van der Waals surface area contributed by atoms with Gasteiger partial charge in [0.05, 0.1) is 13.0 Å². The molecule has 0 fully saturated rings. The Labute approximate surface area is 127 Å².